The zero-order chi connectivity index (χ0) is 16.3. The first-order valence-electron chi connectivity index (χ1n) is 7.04. The molecule has 0 bridgehead atoms. The van der Waals surface area contributed by atoms with Gasteiger partial charge >= 0.3 is 6.09 Å². The summed E-state index contributed by atoms with van der Waals surface area (Å²) in [6, 6.07) is 2.92. The molecule has 1 aromatic rings. The van der Waals surface area contributed by atoms with Crippen LogP contribution in [0.3, 0.4) is 0 Å². The lowest BCUT2D eigenvalue weighted by Crippen LogP contribution is -2.43. The lowest BCUT2D eigenvalue weighted by Gasteiger charge is -2.21. The summed E-state index contributed by atoms with van der Waals surface area (Å²) < 4.78 is 10.2. The van der Waals surface area contributed by atoms with Gasteiger partial charge in [0.15, 0.2) is 0 Å². The zero-order valence-electron chi connectivity index (χ0n) is 12.9. The van der Waals surface area contributed by atoms with Crippen molar-refractivity contribution in [2.45, 2.75) is 45.4 Å². The average molecular weight is 305 g/mol. The van der Waals surface area contributed by atoms with Gasteiger partial charge in [0.25, 0.3) is 0 Å². The predicted octanol–water partition coefficient (Wildman–Crippen LogP) is 1.78. The normalized spacial score (nSPS) is 18.2. The fourth-order valence-electron chi connectivity index (χ4n) is 2.22. The molecule has 1 aliphatic heterocycles. The Morgan fingerprint density at radius 2 is 2.32 bits per heavy atom. The van der Waals surface area contributed by atoms with Crippen molar-refractivity contribution in [1.82, 2.24) is 10.2 Å². The Kier molecular flexibility index (Phi) is 4.40. The number of rotatable bonds is 3. The van der Waals surface area contributed by atoms with Crippen LogP contribution in [0.25, 0.3) is 0 Å². The molecule has 22 heavy (non-hydrogen) atoms. The molecule has 2 amide bonds. The standard InChI is InChI=1S/C15H19N3O4/c1-15(2,3)22-14(20)17-12-4-5-18(13(12)19)8-10-6-11(7-16)21-9-10/h6,9,12H,4-5,8H2,1-3H3,(H,17,20)/t12-/m0/s1. The molecule has 7 nitrogen and oxygen atoms in total. The van der Waals surface area contributed by atoms with E-state index in [0.717, 1.165) is 5.56 Å². The molecule has 118 valence electrons. The van der Waals surface area contributed by atoms with Gasteiger partial charge < -0.3 is 19.4 Å². The molecule has 2 rings (SSSR count). The van der Waals surface area contributed by atoms with Gasteiger partial charge in [-0.05, 0) is 33.3 Å². The molecule has 1 N–H and O–H groups in total. The van der Waals surface area contributed by atoms with Crippen LogP contribution < -0.4 is 5.32 Å². The van der Waals surface area contributed by atoms with Gasteiger partial charge in [0.05, 0.1) is 6.26 Å². The van der Waals surface area contributed by atoms with Crippen molar-refractivity contribution in [1.29, 1.82) is 5.26 Å². The molecule has 1 atom stereocenters. The third-order valence-electron chi connectivity index (χ3n) is 3.13. The van der Waals surface area contributed by atoms with E-state index in [0.29, 0.717) is 19.5 Å². The highest BCUT2D eigenvalue weighted by atomic mass is 16.6. The van der Waals surface area contributed by atoms with E-state index in [1.54, 1.807) is 31.7 Å². The molecule has 1 fully saturated rings. The van der Waals surface area contributed by atoms with Crippen LogP contribution in [0.1, 0.15) is 38.5 Å². The summed E-state index contributed by atoms with van der Waals surface area (Å²) in [5, 5.41) is 11.3. The van der Waals surface area contributed by atoms with E-state index in [9.17, 15) is 9.59 Å². The zero-order valence-corrected chi connectivity index (χ0v) is 12.9. The molecule has 0 spiro atoms. The van der Waals surface area contributed by atoms with Gasteiger partial charge in [0.1, 0.15) is 17.7 Å². The average Bonchev–Trinajstić information content (AvgIpc) is 2.98. The van der Waals surface area contributed by atoms with Crippen molar-refractivity contribution < 1.29 is 18.7 Å². The number of ether oxygens (including phenoxy) is 1. The van der Waals surface area contributed by atoms with Crippen molar-refractivity contribution in [2.75, 3.05) is 6.54 Å². The molecule has 1 saturated heterocycles. The second-order valence-electron chi connectivity index (χ2n) is 6.18. The van der Waals surface area contributed by atoms with E-state index in [-0.39, 0.29) is 11.7 Å². The first-order valence-corrected chi connectivity index (χ1v) is 7.04. The summed E-state index contributed by atoms with van der Waals surface area (Å²) in [5.41, 5.74) is 0.151. The summed E-state index contributed by atoms with van der Waals surface area (Å²) in [7, 11) is 0. The Hall–Kier alpha value is -2.49. The highest BCUT2D eigenvalue weighted by Gasteiger charge is 2.34. The molecule has 0 unspecified atom stereocenters. The predicted molar refractivity (Wildman–Crippen MR) is 76.6 cm³/mol. The Labute approximate surface area is 128 Å². The quantitative estimate of drug-likeness (QED) is 0.918. The number of nitrogens with one attached hydrogen (secondary N) is 1. The van der Waals surface area contributed by atoms with E-state index in [1.165, 1.54) is 6.26 Å². The number of alkyl carbamates (subject to hydrolysis) is 1. The largest absolute Gasteiger partial charge is 0.454 e. The maximum atomic E-state index is 12.2. The first kappa shape index (κ1) is 15.9. The second kappa shape index (κ2) is 6.10. The van der Waals surface area contributed by atoms with Crippen molar-refractivity contribution in [2.24, 2.45) is 0 Å². The van der Waals surface area contributed by atoms with Crippen LogP contribution in [0.4, 0.5) is 4.79 Å². The van der Waals surface area contributed by atoms with E-state index in [2.05, 4.69) is 5.32 Å². The lowest BCUT2D eigenvalue weighted by atomic mass is 10.2. The van der Waals surface area contributed by atoms with Crippen LogP contribution in [-0.2, 0) is 16.1 Å². The summed E-state index contributed by atoms with van der Waals surface area (Å²) in [6.07, 6.45) is 1.39. The van der Waals surface area contributed by atoms with Crippen LogP contribution in [-0.4, -0.2) is 35.1 Å². The number of likely N-dealkylation sites (tertiary alicyclic amines) is 1. The molecule has 0 radical (unpaired) electrons. The Morgan fingerprint density at radius 1 is 1.59 bits per heavy atom. The van der Waals surface area contributed by atoms with E-state index < -0.39 is 17.7 Å². The van der Waals surface area contributed by atoms with Crippen LogP contribution in [0.15, 0.2) is 16.7 Å². The number of furan rings is 1. The molecular weight excluding hydrogens is 286 g/mol. The Balaban J connectivity index is 1.89. The highest BCUT2D eigenvalue weighted by molar-refractivity contribution is 5.87. The number of hydrogen-bond acceptors (Lipinski definition) is 5. The third kappa shape index (κ3) is 4.01. The van der Waals surface area contributed by atoms with Crippen molar-refractivity contribution in [3.05, 3.63) is 23.7 Å². The van der Waals surface area contributed by atoms with Crippen molar-refractivity contribution in [3.8, 4) is 6.07 Å². The molecule has 1 aliphatic rings. The smallest absolute Gasteiger partial charge is 0.408 e. The van der Waals surface area contributed by atoms with E-state index in [1.807, 2.05) is 6.07 Å². The topological polar surface area (TPSA) is 95.6 Å². The number of nitrogens with zero attached hydrogens (tertiary/aromatic N) is 2. The Bertz CT molecular complexity index is 609. The monoisotopic (exact) mass is 305 g/mol. The number of nitriles is 1. The van der Waals surface area contributed by atoms with Crippen LogP contribution in [0.2, 0.25) is 0 Å². The molecule has 0 aliphatic carbocycles. The summed E-state index contributed by atoms with van der Waals surface area (Å²) in [5.74, 6) is 0.0515. The van der Waals surface area contributed by atoms with Crippen molar-refractivity contribution in [3.63, 3.8) is 0 Å². The number of hydrogen-bond donors (Lipinski definition) is 1. The van der Waals surface area contributed by atoms with Gasteiger partial charge in [-0.15, -0.1) is 0 Å². The third-order valence-corrected chi connectivity index (χ3v) is 3.13. The van der Waals surface area contributed by atoms with E-state index in [4.69, 9.17) is 14.4 Å². The molecule has 0 saturated carbocycles. The first-order chi connectivity index (χ1) is 10.3. The minimum absolute atomic E-state index is 0.162. The van der Waals surface area contributed by atoms with Gasteiger partial charge in [-0.3, -0.25) is 4.79 Å². The van der Waals surface area contributed by atoms with Gasteiger partial charge in [-0.1, -0.05) is 0 Å². The van der Waals surface area contributed by atoms with Crippen LogP contribution in [0.5, 0.6) is 0 Å². The van der Waals surface area contributed by atoms with E-state index >= 15 is 0 Å². The number of carbonyl (C=O) groups is 2. The number of carbonyl (C=O) groups excluding carboxylic acids is 2. The second-order valence-corrected chi connectivity index (χ2v) is 6.18. The summed E-state index contributed by atoms with van der Waals surface area (Å²) >= 11 is 0. The fourth-order valence-corrected chi connectivity index (χ4v) is 2.22. The molecule has 1 aromatic heterocycles. The van der Waals surface area contributed by atoms with Crippen molar-refractivity contribution >= 4 is 12.0 Å². The maximum Gasteiger partial charge on any atom is 0.408 e. The van der Waals surface area contributed by atoms with Gasteiger partial charge in [0.2, 0.25) is 11.7 Å². The minimum atomic E-state index is -0.601. The molecular formula is C15H19N3O4. The lowest BCUT2D eigenvalue weighted by molar-refractivity contribution is -0.129. The van der Waals surface area contributed by atoms with Gasteiger partial charge in [-0.2, -0.15) is 5.26 Å². The SMILES string of the molecule is CC(C)(C)OC(=O)N[C@H]1CCN(Cc2coc(C#N)c2)C1=O. The fraction of sp³-hybridized carbons (Fsp3) is 0.533. The van der Waals surface area contributed by atoms with Gasteiger partial charge in [0, 0.05) is 18.7 Å². The Morgan fingerprint density at radius 3 is 2.91 bits per heavy atom. The molecule has 2 heterocycles. The summed E-state index contributed by atoms with van der Waals surface area (Å²) in [6.45, 7) is 6.19. The van der Waals surface area contributed by atoms with Crippen LogP contribution in [0, 0.1) is 11.3 Å². The minimum Gasteiger partial charge on any atom is -0.454 e. The van der Waals surface area contributed by atoms with Crippen LogP contribution >= 0.6 is 0 Å². The molecule has 0 aromatic carbocycles. The summed E-state index contributed by atoms with van der Waals surface area (Å²) in [4.78, 5) is 25.6. The highest BCUT2D eigenvalue weighted by Crippen LogP contribution is 2.17. The van der Waals surface area contributed by atoms with Gasteiger partial charge in [-0.25, -0.2) is 4.79 Å². The number of amides is 2. The molecule has 7 heteroatoms. The maximum absolute atomic E-state index is 12.2.